The Labute approximate surface area is 126 Å². The van der Waals surface area contributed by atoms with Gasteiger partial charge in [0.1, 0.15) is 5.78 Å². The van der Waals surface area contributed by atoms with Crippen molar-refractivity contribution in [2.75, 3.05) is 4.90 Å². The van der Waals surface area contributed by atoms with Crippen molar-refractivity contribution in [2.24, 2.45) is 0 Å². The fourth-order valence-corrected chi connectivity index (χ4v) is 4.14. The Morgan fingerprint density at radius 1 is 0.950 bits per heavy atom. The van der Waals surface area contributed by atoms with Gasteiger partial charge in [-0.1, -0.05) is 28.1 Å². The van der Waals surface area contributed by atoms with E-state index in [-0.39, 0.29) is 0 Å². The first kappa shape index (κ1) is 12.4. The number of hydrogen-bond acceptors (Lipinski definition) is 2. The predicted molar refractivity (Wildman–Crippen MR) is 85.2 cm³/mol. The number of nitrogens with zero attached hydrogens (tertiary/aromatic N) is 1. The number of Topliss-reactive ketones (excluding diaryl/α,β-unsaturated/α-hetero) is 1. The van der Waals surface area contributed by atoms with Crippen molar-refractivity contribution in [1.82, 2.24) is 0 Å². The van der Waals surface area contributed by atoms with Crippen molar-refractivity contribution >= 4 is 38.2 Å². The van der Waals surface area contributed by atoms with Gasteiger partial charge in [0.15, 0.2) is 0 Å². The third-order valence-electron chi connectivity index (χ3n) is 4.63. The Morgan fingerprint density at radius 3 is 2.35 bits per heavy atom. The summed E-state index contributed by atoms with van der Waals surface area (Å²) in [7, 11) is 0. The zero-order valence-corrected chi connectivity index (χ0v) is 12.8. The SMILES string of the molecule is O=C1CC2CCC(C1)N2c1ccc2cc(Br)ccc2c1. The molecule has 2 saturated heterocycles. The fourth-order valence-electron chi connectivity index (χ4n) is 3.76. The standard InChI is InChI=1S/C17H16BrNO/c18-13-3-1-12-8-14(4-2-11(12)7-13)19-15-5-6-16(19)10-17(20)9-15/h1-4,7-8,15-16H,5-6,9-10H2. The molecule has 0 N–H and O–H groups in total. The highest BCUT2D eigenvalue weighted by Crippen LogP contribution is 2.39. The Kier molecular flexibility index (Phi) is 2.84. The van der Waals surface area contributed by atoms with Gasteiger partial charge in [-0.2, -0.15) is 0 Å². The molecule has 3 heteroatoms. The molecule has 2 aliphatic heterocycles. The molecule has 0 aromatic heterocycles. The van der Waals surface area contributed by atoms with Gasteiger partial charge in [-0.05, 0) is 47.9 Å². The Hall–Kier alpha value is -1.35. The van der Waals surface area contributed by atoms with Gasteiger partial charge < -0.3 is 4.90 Å². The largest absolute Gasteiger partial charge is 0.365 e. The van der Waals surface area contributed by atoms with E-state index in [2.05, 4.69) is 57.2 Å². The normalized spacial score (nSPS) is 25.4. The molecule has 4 rings (SSSR count). The van der Waals surface area contributed by atoms with Crippen molar-refractivity contribution in [1.29, 1.82) is 0 Å². The van der Waals surface area contributed by atoms with E-state index >= 15 is 0 Å². The van der Waals surface area contributed by atoms with Crippen molar-refractivity contribution in [3.8, 4) is 0 Å². The molecule has 0 amide bonds. The number of carbonyl (C=O) groups excluding carboxylic acids is 1. The average Bonchev–Trinajstić information content (AvgIpc) is 2.70. The summed E-state index contributed by atoms with van der Waals surface area (Å²) in [6.07, 6.45) is 3.79. The van der Waals surface area contributed by atoms with Gasteiger partial charge in [-0.15, -0.1) is 0 Å². The molecule has 20 heavy (non-hydrogen) atoms. The smallest absolute Gasteiger partial charge is 0.137 e. The number of carbonyl (C=O) groups is 1. The van der Waals surface area contributed by atoms with Gasteiger partial charge in [0.2, 0.25) is 0 Å². The molecular formula is C17H16BrNO. The summed E-state index contributed by atoms with van der Waals surface area (Å²) in [6, 6.07) is 13.9. The van der Waals surface area contributed by atoms with Crippen molar-refractivity contribution in [2.45, 2.75) is 37.8 Å². The number of benzene rings is 2. The molecule has 2 nitrogen and oxygen atoms in total. The summed E-state index contributed by atoms with van der Waals surface area (Å²) in [5.41, 5.74) is 1.28. The van der Waals surface area contributed by atoms with Crippen LogP contribution in [0.5, 0.6) is 0 Å². The van der Waals surface area contributed by atoms with Crippen LogP contribution >= 0.6 is 15.9 Å². The molecule has 2 unspecified atom stereocenters. The van der Waals surface area contributed by atoms with Crippen LogP contribution in [0.2, 0.25) is 0 Å². The molecular weight excluding hydrogens is 314 g/mol. The number of hydrogen-bond donors (Lipinski definition) is 0. The molecule has 0 radical (unpaired) electrons. The van der Waals surface area contributed by atoms with E-state index in [1.165, 1.54) is 16.5 Å². The van der Waals surface area contributed by atoms with Crippen LogP contribution in [0.15, 0.2) is 40.9 Å². The molecule has 102 valence electrons. The third-order valence-corrected chi connectivity index (χ3v) is 5.12. The lowest BCUT2D eigenvalue weighted by Gasteiger charge is -2.36. The topological polar surface area (TPSA) is 20.3 Å². The van der Waals surface area contributed by atoms with Gasteiger partial charge in [0, 0.05) is 35.1 Å². The summed E-state index contributed by atoms with van der Waals surface area (Å²) < 4.78 is 1.11. The van der Waals surface area contributed by atoms with Gasteiger partial charge in [-0.3, -0.25) is 4.79 Å². The number of anilines is 1. The lowest BCUT2D eigenvalue weighted by atomic mass is 9.99. The van der Waals surface area contributed by atoms with Gasteiger partial charge in [-0.25, -0.2) is 0 Å². The Morgan fingerprint density at radius 2 is 1.60 bits per heavy atom. The molecule has 2 heterocycles. The third kappa shape index (κ3) is 1.96. The van der Waals surface area contributed by atoms with Crippen LogP contribution in [-0.4, -0.2) is 17.9 Å². The first-order valence-electron chi connectivity index (χ1n) is 7.20. The number of fused-ring (bicyclic) bond motifs is 3. The number of ketones is 1. The zero-order chi connectivity index (χ0) is 13.7. The highest BCUT2D eigenvalue weighted by Gasteiger charge is 2.40. The first-order chi connectivity index (χ1) is 9.70. The molecule has 0 spiro atoms. The second-order valence-electron chi connectivity index (χ2n) is 5.91. The van der Waals surface area contributed by atoms with Crippen LogP contribution in [0, 0.1) is 0 Å². The van der Waals surface area contributed by atoms with Crippen LogP contribution in [-0.2, 0) is 4.79 Å². The second kappa shape index (κ2) is 4.59. The number of rotatable bonds is 1. The van der Waals surface area contributed by atoms with Crippen molar-refractivity contribution in [3.63, 3.8) is 0 Å². The monoisotopic (exact) mass is 329 g/mol. The minimum atomic E-state index is 0.425. The van der Waals surface area contributed by atoms with Crippen molar-refractivity contribution in [3.05, 3.63) is 40.9 Å². The average molecular weight is 330 g/mol. The molecule has 2 bridgehead atoms. The van der Waals surface area contributed by atoms with Crippen molar-refractivity contribution < 1.29 is 4.79 Å². The highest BCUT2D eigenvalue weighted by molar-refractivity contribution is 9.10. The van der Waals surface area contributed by atoms with E-state index in [9.17, 15) is 4.79 Å². The second-order valence-corrected chi connectivity index (χ2v) is 6.83. The first-order valence-corrected chi connectivity index (χ1v) is 7.99. The number of piperidine rings is 1. The van der Waals surface area contributed by atoms with Gasteiger partial charge in [0.25, 0.3) is 0 Å². The zero-order valence-electron chi connectivity index (χ0n) is 11.2. The number of halogens is 1. The van der Waals surface area contributed by atoms with Gasteiger partial charge >= 0.3 is 0 Å². The van der Waals surface area contributed by atoms with E-state index in [0.29, 0.717) is 17.9 Å². The van der Waals surface area contributed by atoms with E-state index in [1.807, 2.05) is 0 Å². The van der Waals surface area contributed by atoms with Gasteiger partial charge in [0.05, 0.1) is 0 Å². The molecule has 2 aromatic rings. The Balaban J connectivity index is 1.75. The molecule has 0 saturated carbocycles. The summed E-state index contributed by atoms with van der Waals surface area (Å²) >= 11 is 3.52. The molecule has 2 atom stereocenters. The quantitative estimate of drug-likeness (QED) is 0.777. The van der Waals surface area contributed by atoms with E-state index in [0.717, 1.165) is 30.2 Å². The summed E-state index contributed by atoms with van der Waals surface area (Å²) in [6.45, 7) is 0. The lowest BCUT2D eigenvalue weighted by Crippen LogP contribution is -2.43. The minimum absolute atomic E-state index is 0.425. The van der Waals surface area contributed by atoms with Crippen LogP contribution < -0.4 is 4.90 Å². The fraction of sp³-hybridized carbons (Fsp3) is 0.353. The summed E-state index contributed by atoms with van der Waals surface area (Å²) in [5.74, 6) is 0.443. The molecule has 2 fully saturated rings. The summed E-state index contributed by atoms with van der Waals surface area (Å²) in [5, 5.41) is 2.52. The predicted octanol–water partition coefficient (Wildman–Crippen LogP) is 4.30. The maximum absolute atomic E-state index is 11.7. The van der Waals surface area contributed by atoms with Crippen LogP contribution in [0.3, 0.4) is 0 Å². The van der Waals surface area contributed by atoms with Crippen LogP contribution in [0.4, 0.5) is 5.69 Å². The molecule has 2 aromatic carbocycles. The Bertz CT molecular complexity index is 680. The summed E-state index contributed by atoms with van der Waals surface area (Å²) in [4.78, 5) is 14.2. The van der Waals surface area contributed by atoms with E-state index in [1.54, 1.807) is 0 Å². The lowest BCUT2D eigenvalue weighted by molar-refractivity contribution is -0.120. The maximum atomic E-state index is 11.7. The molecule has 2 aliphatic rings. The van der Waals surface area contributed by atoms with Crippen LogP contribution in [0.1, 0.15) is 25.7 Å². The van der Waals surface area contributed by atoms with Crippen LogP contribution in [0.25, 0.3) is 10.8 Å². The minimum Gasteiger partial charge on any atom is -0.365 e. The van der Waals surface area contributed by atoms with E-state index < -0.39 is 0 Å². The highest BCUT2D eigenvalue weighted by atomic mass is 79.9. The molecule has 0 aliphatic carbocycles. The maximum Gasteiger partial charge on any atom is 0.137 e. The van der Waals surface area contributed by atoms with E-state index in [4.69, 9.17) is 0 Å².